The molecule has 0 spiro atoms. The van der Waals surface area contributed by atoms with Crippen LogP contribution in [-0.4, -0.2) is 24.5 Å². The molecule has 0 fully saturated rings. The van der Waals surface area contributed by atoms with Crippen LogP contribution in [0.15, 0.2) is 47.6 Å². The summed E-state index contributed by atoms with van der Waals surface area (Å²) in [6, 6.07) is 11.6. The zero-order chi connectivity index (χ0) is 17.2. The van der Waals surface area contributed by atoms with E-state index < -0.39 is 6.10 Å². The van der Waals surface area contributed by atoms with Crippen molar-refractivity contribution in [3.8, 4) is 11.5 Å². The zero-order valence-electron chi connectivity index (χ0n) is 13.2. The van der Waals surface area contributed by atoms with Crippen LogP contribution in [0, 0.1) is 5.82 Å². The summed E-state index contributed by atoms with van der Waals surface area (Å²) in [4.78, 5) is 17.5. The van der Waals surface area contributed by atoms with E-state index in [4.69, 9.17) is 14.3 Å². The number of rotatable bonds is 4. The Balaban J connectivity index is 1.37. The molecule has 1 N–H and O–H groups in total. The van der Waals surface area contributed by atoms with Gasteiger partial charge in [-0.05, 0) is 18.2 Å². The molecule has 2 aromatic carbocycles. The zero-order valence-corrected chi connectivity index (χ0v) is 13.2. The standard InChI is InChI=1S/C18H15FN2O4/c19-13-5-1-3-11(7-13)14-8-16(25-21-14)18(22)20-9-12-4-2-6-15-17(12)24-10-23-15/h1-7,16H,8-10H2,(H,20,22). The maximum Gasteiger partial charge on any atom is 0.264 e. The SMILES string of the molecule is O=C(NCc1cccc2c1OCO2)C1CC(c2cccc(F)c2)=NO1. The number of fused-ring (bicyclic) bond motifs is 1. The Labute approximate surface area is 143 Å². The van der Waals surface area contributed by atoms with Gasteiger partial charge >= 0.3 is 0 Å². The van der Waals surface area contributed by atoms with Crippen molar-refractivity contribution >= 4 is 11.6 Å². The highest BCUT2D eigenvalue weighted by Crippen LogP contribution is 2.35. The van der Waals surface area contributed by atoms with Crippen LogP contribution in [0.5, 0.6) is 11.5 Å². The Morgan fingerprint density at radius 1 is 1.24 bits per heavy atom. The molecule has 2 aliphatic rings. The van der Waals surface area contributed by atoms with Crippen molar-refractivity contribution in [3.05, 3.63) is 59.4 Å². The van der Waals surface area contributed by atoms with Crippen molar-refractivity contribution in [2.24, 2.45) is 5.16 Å². The van der Waals surface area contributed by atoms with E-state index in [1.807, 2.05) is 18.2 Å². The predicted molar refractivity (Wildman–Crippen MR) is 86.8 cm³/mol. The van der Waals surface area contributed by atoms with Crippen molar-refractivity contribution in [2.75, 3.05) is 6.79 Å². The summed E-state index contributed by atoms with van der Waals surface area (Å²) < 4.78 is 24.0. The monoisotopic (exact) mass is 342 g/mol. The van der Waals surface area contributed by atoms with E-state index in [9.17, 15) is 9.18 Å². The summed E-state index contributed by atoms with van der Waals surface area (Å²) in [7, 11) is 0. The number of benzene rings is 2. The maximum atomic E-state index is 13.3. The molecule has 25 heavy (non-hydrogen) atoms. The van der Waals surface area contributed by atoms with E-state index >= 15 is 0 Å². The van der Waals surface area contributed by atoms with Gasteiger partial charge in [-0.25, -0.2) is 4.39 Å². The Kier molecular flexibility index (Phi) is 3.97. The number of para-hydroxylation sites is 1. The van der Waals surface area contributed by atoms with Crippen LogP contribution < -0.4 is 14.8 Å². The third kappa shape index (κ3) is 3.13. The molecular weight excluding hydrogens is 327 g/mol. The fourth-order valence-electron chi connectivity index (χ4n) is 2.78. The van der Waals surface area contributed by atoms with Crippen molar-refractivity contribution in [2.45, 2.75) is 19.1 Å². The maximum absolute atomic E-state index is 13.3. The molecule has 2 heterocycles. The van der Waals surface area contributed by atoms with Crippen molar-refractivity contribution < 1.29 is 23.5 Å². The third-order valence-corrected chi connectivity index (χ3v) is 4.05. The molecule has 128 valence electrons. The van der Waals surface area contributed by atoms with Crippen LogP contribution in [0.25, 0.3) is 0 Å². The van der Waals surface area contributed by atoms with Gasteiger partial charge in [-0.2, -0.15) is 0 Å². The normalized spacial score (nSPS) is 17.8. The van der Waals surface area contributed by atoms with E-state index in [2.05, 4.69) is 10.5 Å². The van der Waals surface area contributed by atoms with Gasteiger partial charge in [0.25, 0.3) is 5.91 Å². The van der Waals surface area contributed by atoms with Crippen LogP contribution in [0.4, 0.5) is 4.39 Å². The Morgan fingerprint density at radius 2 is 2.12 bits per heavy atom. The number of hydrogen-bond donors (Lipinski definition) is 1. The van der Waals surface area contributed by atoms with Crippen molar-refractivity contribution in [1.29, 1.82) is 0 Å². The largest absolute Gasteiger partial charge is 0.454 e. The van der Waals surface area contributed by atoms with Crippen LogP contribution in [-0.2, 0) is 16.2 Å². The lowest BCUT2D eigenvalue weighted by atomic mass is 10.0. The molecule has 0 radical (unpaired) electrons. The summed E-state index contributed by atoms with van der Waals surface area (Å²) in [5.41, 5.74) is 1.99. The Bertz CT molecular complexity index is 853. The molecule has 2 aliphatic heterocycles. The Morgan fingerprint density at radius 3 is 3.00 bits per heavy atom. The molecule has 7 heteroatoms. The van der Waals surface area contributed by atoms with E-state index in [0.717, 1.165) is 5.56 Å². The molecule has 0 saturated heterocycles. The third-order valence-electron chi connectivity index (χ3n) is 4.05. The second-order valence-corrected chi connectivity index (χ2v) is 5.72. The number of carbonyl (C=O) groups excluding carboxylic acids is 1. The summed E-state index contributed by atoms with van der Waals surface area (Å²) in [6.07, 6.45) is -0.436. The van der Waals surface area contributed by atoms with Crippen molar-refractivity contribution in [1.82, 2.24) is 5.32 Å². The topological polar surface area (TPSA) is 69.2 Å². The molecule has 0 aromatic heterocycles. The van der Waals surface area contributed by atoms with Crippen LogP contribution in [0.1, 0.15) is 17.5 Å². The van der Waals surface area contributed by atoms with Gasteiger partial charge in [0.05, 0.1) is 5.71 Å². The fraction of sp³-hybridized carbons (Fsp3) is 0.222. The predicted octanol–water partition coefficient (Wildman–Crippen LogP) is 2.36. The molecule has 2 aromatic rings. The van der Waals surface area contributed by atoms with E-state index in [0.29, 0.717) is 35.7 Å². The minimum Gasteiger partial charge on any atom is -0.454 e. The average molecular weight is 342 g/mol. The first-order valence-electron chi connectivity index (χ1n) is 7.84. The van der Waals surface area contributed by atoms with Gasteiger partial charge in [-0.15, -0.1) is 0 Å². The molecule has 0 bridgehead atoms. The van der Waals surface area contributed by atoms with Gasteiger partial charge in [0.15, 0.2) is 11.5 Å². The van der Waals surface area contributed by atoms with Crippen LogP contribution in [0.2, 0.25) is 0 Å². The lowest BCUT2D eigenvalue weighted by molar-refractivity contribution is -0.131. The second kappa shape index (κ2) is 6.43. The van der Waals surface area contributed by atoms with E-state index in [1.54, 1.807) is 12.1 Å². The van der Waals surface area contributed by atoms with Crippen LogP contribution in [0.3, 0.4) is 0 Å². The number of nitrogens with one attached hydrogen (secondary N) is 1. The lowest BCUT2D eigenvalue weighted by Crippen LogP contribution is -2.34. The highest BCUT2D eigenvalue weighted by molar-refractivity contribution is 6.04. The number of amides is 1. The van der Waals surface area contributed by atoms with Gasteiger partial charge in [-0.1, -0.05) is 29.4 Å². The first-order chi connectivity index (χ1) is 12.2. The van der Waals surface area contributed by atoms with Gasteiger partial charge in [0.2, 0.25) is 12.9 Å². The minimum atomic E-state index is -0.729. The summed E-state index contributed by atoms with van der Waals surface area (Å²) in [6.45, 7) is 0.470. The molecule has 1 atom stereocenters. The fourth-order valence-corrected chi connectivity index (χ4v) is 2.78. The van der Waals surface area contributed by atoms with Gasteiger partial charge < -0.3 is 19.6 Å². The summed E-state index contributed by atoms with van der Waals surface area (Å²) in [5.74, 6) is 0.673. The summed E-state index contributed by atoms with van der Waals surface area (Å²) in [5, 5.41) is 6.71. The molecule has 4 rings (SSSR count). The Hall–Kier alpha value is -3.09. The number of halogens is 1. The molecule has 1 amide bonds. The number of oxime groups is 1. The van der Waals surface area contributed by atoms with E-state index in [1.165, 1.54) is 12.1 Å². The number of carbonyl (C=O) groups is 1. The smallest absolute Gasteiger partial charge is 0.264 e. The number of nitrogens with zero attached hydrogens (tertiary/aromatic N) is 1. The van der Waals surface area contributed by atoms with E-state index in [-0.39, 0.29) is 18.5 Å². The summed E-state index contributed by atoms with van der Waals surface area (Å²) >= 11 is 0. The molecular formula is C18H15FN2O4. The van der Waals surface area contributed by atoms with Gasteiger partial charge in [-0.3, -0.25) is 4.79 Å². The van der Waals surface area contributed by atoms with Gasteiger partial charge in [0, 0.05) is 24.1 Å². The van der Waals surface area contributed by atoms with Crippen LogP contribution >= 0.6 is 0 Å². The molecule has 0 saturated carbocycles. The molecule has 0 aliphatic carbocycles. The van der Waals surface area contributed by atoms with Gasteiger partial charge in [0.1, 0.15) is 5.82 Å². The number of ether oxygens (including phenoxy) is 2. The quantitative estimate of drug-likeness (QED) is 0.926. The van der Waals surface area contributed by atoms with Crippen molar-refractivity contribution in [3.63, 3.8) is 0 Å². The average Bonchev–Trinajstić information content (AvgIpc) is 3.29. The number of hydrogen-bond acceptors (Lipinski definition) is 5. The highest BCUT2D eigenvalue weighted by Gasteiger charge is 2.29. The molecule has 1 unspecified atom stereocenters. The first kappa shape index (κ1) is 15.4. The second-order valence-electron chi connectivity index (χ2n) is 5.72. The lowest BCUT2D eigenvalue weighted by Gasteiger charge is -2.11. The minimum absolute atomic E-state index is 0.177. The molecule has 6 nitrogen and oxygen atoms in total. The first-order valence-corrected chi connectivity index (χ1v) is 7.84. The highest BCUT2D eigenvalue weighted by atomic mass is 19.1.